The van der Waals surface area contributed by atoms with Crippen molar-refractivity contribution in [3.63, 3.8) is 0 Å². The first-order chi connectivity index (χ1) is 10.2. The van der Waals surface area contributed by atoms with Crippen LogP contribution in [0.5, 0.6) is 11.5 Å². The zero-order valence-electron chi connectivity index (χ0n) is 11.4. The Kier molecular flexibility index (Phi) is 4.42. The molecule has 3 nitrogen and oxygen atoms in total. The highest BCUT2D eigenvalue weighted by Gasteiger charge is 2.14. The van der Waals surface area contributed by atoms with Crippen molar-refractivity contribution in [2.24, 2.45) is 0 Å². The molecule has 1 N–H and O–H groups in total. The third kappa shape index (κ3) is 3.36. The monoisotopic (exact) mass is 323 g/mol. The minimum atomic E-state index is 0.535. The third-order valence-corrected chi connectivity index (χ3v) is 3.99. The fourth-order valence-electron chi connectivity index (χ4n) is 2.20. The van der Waals surface area contributed by atoms with E-state index in [4.69, 9.17) is 32.7 Å². The maximum Gasteiger partial charge on any atom is 0.166 e. The second-order valence-corrected chi connectivity index (χ2v) is 5.59. The number of rotatable bonds is 3. The second kappa shape index (κ2) is 6.46. The molecule has 0 saturated carbocycles. The summed E-state index contributed by atoms with van der Waals surface area (Å²) in [5, 5.41) is 4.40. The SMILES string of the molecule is Clc1ccc(NCc2cccc3c2OCCCO3)cc1Cl. The number of hydrogen-bond acceptors (Lipinski definition) is 3. The molecule has 0 aromatic heterocycles. The lowest BCUT2D eigenvalue weighted by Gasteiger charge is -2.14. The van der Waals surface area contributed by atoms with Crippen LogP contribution >= 0.6 is 23.2 Å². The van der Waals surface area contributed by atoms with E-state index in [-0.39, 0.29) is 0 Å². The van der Waals surface area contributed by atoms with E-state index >= 15 is 0 Å². The first-order valence-electron chi connectivity index (χ1n) is 6.80. The highest BCUT2D eigenvalue weighted by atomic mass is 35.5. The largest absolute Gasteiger partial charge is 0.490 e. The number of nitrogens with one attached hydrogen (secondary N) is 1. The van der Waals surface area contributed by atoms with Gasteiger partial charge in [-0.2, -0.15) is 0 Å². The van der Waals surface area contributed by atoms with Crippen molar-refractivity contribution in [1.82, 2.24) is 0 Å². The Morgan fingerprint density at radius 2 is 1.86 bits per heavy atom. The zero-order chi connectivity index (χ0) is 14.7. The summed E-state index contributed by atoms with van der Waals surface area (Å²) < 4.78 is 11.5. The van der Waals surface area contributed by atoms with Gasteiger partial charge in [0.25, 0.3) is 0 Å². The maximum atomic E-state index is 6.02. The van der Waals surface area contributed by atoms with Crippen molar-refractivity contribution >= 4 is 28.9 Å². The lowest BCUT2D eigenvalue weighted by atomic mass is 10.1. The van der Waals surface area contributed by atoms with Crippen LogP contribution in [0.15, 0.2) is 36.4 Å². The van der Waals surface area contributed by atoms with E-state index in [9.17, 15) is 0 Å². The minimum Gasteiger partial charge on any atom is -0.490 e. The van der Waals surface area contributed by atoms with E-state index in [0.717, 1.165) is 29.2 Å². The fraction of sp³-hybridized carbons (Fsp3) is 0.250. The molecule has 2 aromatic rings. The molecule has 0 unspecified atom stereocenters. The van der Waals surface area contributed by atoms with Crippen LogP contribution < -0.4 is 14.8 Å². The molecule has 1 heterocycles. The highest BCUT2D eigenvalue weighted by Crippen LogP contribution is 2.34. The summed E-state index contributed by atoms with van der Waals surface area (Å²) in [4.78, 5) is 0. The molecule has 1 aliphatic heterocycles. The Hall–Kier alpha value is -1.58. The predicted octanol–water partition coefficient (Wildman–Crippen LogP) is 4.77. The average molecular weight is 324 g/mol. The molecule has 2 aromatic carbocycles. The van der Waals surface area contributed by atoms with E-state index in [2.05, 4.69) is 5.32 Å². The Morgan fingerprint density at radius 3 is 2.71 bits per heavy atom. The number of halogens is 2. The Balaban J connectivity index is 1.77. The van der Waals surface area contributed by atoms with Crippen LogP contribution in [0.2, 0.25) is 10.0 Å². The first-order valence-corrected chi connectivity index (χ1v) is 7.56. The summed E-state index contributed by atoms with van der Waals surface area (Å²) in [5.41, 5.74) is 1.97. The first kappa shape index (κ1) is 14.4. The van der Waals surface area contributed by atoms with Gasteiger partial charge in [0.1, 0.15) is 0 Å². The van der Waals surface area contributed by atoms with E-state index in [0.29, 0.717) is 29.8 Å². The molecule has 1 aliphatic rings. The van der Waals surface area contributed by atoms with Gasteiger partial charge in [-0.05, 0) is 24.3 Å². The number of hydrogen-bond donors (Lipinski definition) is 1. The molecule has 0 fully saturated rings. The number of benzene rings is 2. The van der Waals surface area contributed by atoms with Crippen molar-refractivity contribution in [2.75, 3.05) is 18.5 Å². The zero-order valence-corrected chi connectivity index (χ0v) is 12.9. The van der Waals surface area contributed by atoms with E-state index in [1.165, 1.54) is 0 Å². The van der Waals surface area contributed by atoms with Crippen LogP contribution in [0, 0.1) is 0 Å². The normalized spacial score (nSPS) is 13.6. The molecule has 0 spiro atoms. The number of anilines is 1. The second-order valence-electron chi connectivity index (χ2n) is 4.78. The summed E-state index contributed by atoms with van der Waals surface area (Å²) in [6, 6.07) is 11.4. The summed E-state index contributed by atoms with van der Waals surface area (Å²) in [6.45, 7) is 2.00. The molecule has 3 rings (SSSR count). The molecule has 0 radical (unpaired) electrons. The predicted molar refractivity (Wildman–Crippen MR) is 85.8 cm³/mol. The molecule has 110 valence electrons. The molecule has 0 aliphatic carbocycles. The lowest BCUT2D eigenvalue weighted by molar-refractivity contribution is 0.296. The van der Waals surface area contributed by atoms with Crippen molar-refractivity contribution in [1.29, 1.82) is 0 Å². The van der Waals surface area contributed by atoms with Crippen molar-refractivity contribution in [3.8, 4) is 11.5 Å². The Morgan fingerprint density at radius 1 is 1.00 bits per heavy atom. The molecule has 0 saturated heterocycles. The number of ether oxygens (including phenoxy) is 2. The average Bonchev–Trinajstić information content (AvgIpc) is 2.74. The molecular formula is C16H15Cl2NO2. The molecule has 0 amide bonds. The van der Waals surface area contributed by atoms with Gasteiger partial charge in [-0.15, -0.1) is 0 Å². The molecular weight excluding hydrogens is 309 g/mol. The van der Waals surface area contributed by atoms with Crippen molar-refractivity contribution in [2.45, 2.75) is 13.0 Å². The van der Waals surface area contributed by atoms with Crippen LogP contribution in [0.25, 0.3) is 0 Å². The maximum absolute atomic E-state index is 6.02. The standard InChI is InChI=1S/C16H15Cl2NO2/c17-13-6-5-12(9-14(13)18)19-10-11-3-1-4-15-16(11)21-8-2-7-20-15/h1,3-6,9,19H,2,7-8,10H2. The van der Waals surface area contributed by atoms with Crippen LogP contribution in [-0.2, 0) is 6.54 Å². The van der Waals surface area contributed by atoms with Gasteiger partial charge in [-0.1, -0.05) is 35.3 Å². The van der Waals surface area contributed by atoms with Crippen LogP contribution in [0.3, 0.4) is 0 Å². The number of para-hydroxylation sites is 1. The smallest absolute Gasteiger partial charge is 0.166 e. The van der Waals surface area contributed by atoms with Crippen LogP contribution in [-0.4, -0.2) is 13.2 Å². The molecule has 5 heteroatoms. The fourth-order valence-corrected chi connectivity index (χ4v) is 2.49. The van der Waals surface area contributed by atoms with Gasteiger partial charge in [-0.3, -0.25) is 0 Å². The van der Waals surface area contributed by atoms with Gasteiger partial charge in [-0.25, -0.2) is 0 Å². The van der Waals surface area contributed by atoms with Crippen LogP contribution in [0.4, 0.5) is 5.69 Å². The third-order valence-electron chi connectivity index (χ3n) is 3.26. The van der Waals surface area contributed by atoms with Gasteiger partial charge in [0.05, 0.1) is 23.3 Å². The van der Waals surface area contributed by atoms with E-state index in [1.807, 2.05) is 30.3 Å². The molecule has 21 heavy (non-hydrogen) atoms. The summed E-state index contributed by atoms with van der Waals surface area (Å²) in [5.74, 6) is 1.63. The highest BCUT2D eigenvalue weighted by molar-refractivity contribution is 6.42. The summed E-state index contributed by atoms with van der Waals surface area (Å²) >= 11 is 11.9. The topological polar surface area (TPSA) is 30.5 Å². The van der Waals surface area contributed by atoms with Gasteiger partial charge in [0.2, 0.25) is 0 Å². The summed E-state index contributed by atoms with van der Waals surface area (Å²) in [7, 11) is 0. The lowest BCUT2D eigenvalue weighted by Crippen LogP contribution is -2.03. The van der Waals surface area contributed by atoms with Gasteiger partial charge in [0.15, 0.2) is 11.5 Å². The van der Waals surface area contributed by atoms with Gasteiger partial charge < -0.3 is 14.8 Å². The van der Waals surface area contributed by atoms with E-state index < -0.39 is 0 Å². The Labute approximate surface area is 133 Å². The van der Waals surface area contributed by atoms with Crippen molar-refractivity contribution in [3.05, 3.63) is 52.0 Å². The van der Waals surface area contributed by atoms with E-state index in [1.54, 1.807) is 6.07 Å². The van der Waals surface area contributed by atoms with Crippen LogP contribution in [0.1, 0.15) is 12.0 Å². The van der Waals surface area contributed by atoms with Crippen molar-refractivity contribution < 1.29 is 9.47 Å². The molecule has 0 bridgehead atoms. The van der Waals surface area contributed by atoms with Gasteiger partial charge in [0, 0.05) is 24.2 Å². The van der Waals surface area contributed by atoms with Gasteiger partial charge >= 0.3 is 0 Å². The quantitative estimate of drug-likeness (QED) is 0.882. The number of fused-ring (bicyclic) bond motifs is 1. The Bertz CT molecular complexity index is 646. The molecule has 0 atom stereocenters. The summed E-state index contributed by atoms with van der Waals surface area (Å²) in [6.07, 6.45) is 0.897. The minimum absolute atomic E-state index is 0.535.